The fraction of sp³-hybridized carbons (Fsp3) is 0.895. The summed E-state index contributed by atoms with van der Waals surface area (Å²) >= 11 is 1.53. The molecule has 29 heavy (non-hydrogen) atoms. The van der Waals surface area contributed by atoms with Gasteiger partial charge in [-0.1, -0.05) is 19.8 Å². The molecule has 9 nitrogen and oxygen atoms in total. The molecular formula is C19H36N4O5S. The third kappa shape index (κ3) is 6.99. The molecule has 0 aromatic rings. The number of carbonyl (C=O) groups is 1. The smallest absolute Gasteiger partial charge is 0.320 e. The summed E-state index contributed by atoms with van der Waals surface area (Å²) in [5.41, 5.74) is 10.6. The molecule has 2 aliphatic rings. The standard InChI is InChI=1S/C19H36N4O5S/c1-10-14(24)15(25)16(26)17(29-10)11-5-2-3-6-12(9-11)23-13(18(27)28)7-4-8-22-19(20)21/h10-17,23-26H,2-9H2,1H3,(H,27,28)(H4,20,21,22)/t10-,11?,12?,13-,14+,15+,16-,17-/m0/s1. The van der Waals surface area contributed by atoms with Gasteiger partial charge in [-0.2, -0.15) is 0 Å². The Morgan fingerprint density at radius 1 is 1.17 bits per heavy atom. The Morgan fingerprint density at radius 3 is 2.52 bits per heavy atom. The normalized spacial score (nSPS) is 36.8. The van der Waals surface area contributed by atoms with Crippen LogP contribution in [0.5, 0.6) is 0 Å². The molecule has 0 aromatic carbocycles. The molecule has 9 N–H and O–H groups in total. The number of aliphatic hydroxyl groups excluding tert-OH is 3. The van der Waals surface area contributed by atoms with Gasteiger partial charge in [0.1, 0.15) is 12.1 Å². The third-order valence-electron chi connectivity index (χ3n) is 6.00. The van der Waals surface area contributed by atoms with Crippen molar-refractivity contribution in [2.24, 2.45) is 22.4 Å². The maximum Gasteiger partial charge on any atom is 0.320 e. The van der Waals surface area contributed by atoms with Gasteiger partial charge in [0.25, 0.3) is 0 Å². The van der Waals surface area contributed by atoms with Gasteiger partial charge in [0, 0.05) is 23.1 Å². The van der Waals surface area contributed by atoms with E-state index >= 15 is 0 Å². The van der Waals surface area contributed by atoms with Crippen molar-refractivity contribution in [3.63, 3.8) is 0 Å². The van der Waals surface area contributed by atoms with Crippen LogP contribution in [0, 0.1) is 5.92 Å². The molecule has 2 unspecified atom stereocenters. The fourth-order valence-corrected chi connectivity index (χ4v) is 6.00. The van der Waals surface area contributed by atoms with Crippen molar-refractivity contribution in [3.05, 3.63) is 0 Å². The lowest BCUT2D eigenvalue weighted by Crippen LogP contribution is -2.54. The molecule has 1 aliphatic heterocycles. The first-order chi connectivity index (χ1) is 13.7. The molecule has 1 saturated carbocycles. The summed E-state index contributed by atoms with van der Waals surface area (Å²) in [5.74, 6) is -0.744. The zero-order valence-corrected chi connectivity index (χ0v) is 17.8. The van der Waals surface area contributed by atoms with Gasteiger partial charge >= 0.3 is 5.97 Å². The number of rotatable bonds is 8. The highest BCUT2D eigenvalue weighted by atomic mass is 32.2. The number of hydrogen-bond acceptors (Lipinski definition) is 7. The van der Waals surface area contributed by atoms with Crippen LogP contribution in [0.25, 0.3) is 0 Å². The number of aliphatic imine (C=N–C) groups is 1. The van der Waals surface area contributed by atoms with Crippen LogP contribution in [-0.4, -0.2) is 79.8 Å². The Kier molecular flexibility index (Phi) is 9.48. The summed E-state index contributed by atoms with van der Waals surface area (Å²) < 4.78 is 0. The van der Waals surface area contributed by atoms with E-state index in [-0.39, 0.29) is 28.4 Å². The topological polar surface area (TPSA) is 174 Å². The molecule has 0 bridgehead atoms. The summed E-state index contributed by atoms with van der Waals surface area (Å²) in [4.78, 5) is 15.6. The van der Waals surface area contributed by atoms with Crippen LogP contribution in [-0.2, 0) is 4.79 Å². The molecule has 2 fully saturated rings. The van der Waals surface area contributed by atoms with Crippen molar-refractivity contribution in [1.82, 2.24) is 5.32 Å². The van der Waals surface area contributed by atoms with Gasteiger partial charge in [-0.15, -0.1) is 11.8 Å². The Hall–Kier alpha value is -1.07. The van der Waals surface area contributed by atoms with Gasteiger partial charge in [-0.3, -0.25) is 9.79 Å². The maximum atomic E-state index is 11.7. The van der Waals surface area contributed by atoms with Crippen LogP contribution >= 0.6 is 11.8 Å². The van der Waals surface area contributed by atoms with E-state index in [2.05, 4.69) is 10.3 Å². The van der Waals surface area contributed by atoms with E-state index in [0.717, 1.165) is 32.1 Å². The molecule has 1 saturated heterocycles. The highest BCUT2D eigenvalue weighted by molar-refractivity contribution is 8.00. The van der Waals surface area contributed by atoms with Gasteiger partial charge in [0.2, 0.25) is 0 Å². The van der Waals surface area contributed by atoms with Gasteiger partial charge in [-0.25, -0.2) is 0 Å². The van der Waals surface area contributed by atoms with E-state index in [1.54, 1.807) is 0 Å². The minimum atomic E-state index is -1.15. The highest BCUT2D eigenvalue weighted by Crippen LogP contribution is 2.41. The molecule has 1 aliphatic carbocycles. The molecule has 10 heteroatoms. The van der Waals surface area contributed by atoms with Crippen molar-refractivity contribution < 1.29 is 25.2 Å². The first-order valence-electron chi connectivity index (χ1n) is 10.4. The molecule has 0 aromatic heterocycles. The van der Waals surface area contributed by atoms with Crippen molar-refractivity contribution in [2.45, 2.75) is 92.8 Å². The molecule has 0 spiro atoms. The molecule has 168 valence electrons. The van der Waals surface area contributed by atoms with Gasteiger partial charge in [-0.05, 0) is 38.0 Å². The van der Waals surface area contributed by atoms with Gasteiger partial charge in [0.15, 0.2) is 5.96 Å². The summed E-state index contributed by atoms with van der Waals surface area (Å²) in [6.45, 7) is 2.25. The highest BCUT2D eigenvalue weighted by Gasteiger charge is 2.45. The van der Waals surface area contributed by atoms with Crippen LogP contribution < -0.4 is 16.8 Å². The molecule has 0 radical (unpaired) electrons. The number of aliphatic hydroxyl groups is 3. The zero-order chi connectivity index (χ0) is 21.6. The number of carboxylic acids is 1. The second-order valence-corrected chi connectivity index (χ2v) is 9.82. The average Bonchev–Trinajstić information content (AvgIpc) is 2.90. The lowest BCUT2D eigenvalue weighted by atomic mass is 9.87. The Morgan fingerprint density at radius 2 is 1.86 bits per heavy atom. The third-order valence-corrected chi connectivity index (χ3v) is 7.68. The zero-order valence-electron chi connectivity index (χ0n) is 17.0. The van der Waals surface area contributed by atoms with Crippen molar-refractivity contribution >= 4 is 23.7 Å². The predicted octanol–water partition coefficient (Wildman–Crippen LogP) is -0.382. The van der Waals surface area contributed by atoms with Crippen LogP contribution in [0.3, 0.4) is 0 Å². The second kappa shape index (κ2) is 11.4. The summed E-state index contributed by atoms with van der Waals surface area (Å²) in [6, 6.07) is -0.651. The Bertz CT molecular complexity index is 563. The van der Waals surface area contributed by atoms with Gasteiger partial charge < -0.3 is 37.2 Å². The fourth-order valence-electron chi connectivity index (χ4n) is 4.39. The van der Waals surface area contributed by atoms with E-state index in [0.29, 0.717) is 19.4 Å². The minimum absolute atomic E-state index is 0.00141. The monoisotopic (exact) mass is 432 g/mol. The summed E-state index contributed by atoms with van der Waals surface area (Å²) in [7, 11) is 0. The first kappa shape index (κ1) is 24.2. The molecule has 2 rings (SSSR count). The van der Waals surface area contributed by atoms with Crippen molar-refractivity contribution in [3.8, 4) is 0 Å². The van der Waals surface area contributed by atoms with Crippen LogP contribution in [0.2, 0.25) is 0 Å². The van der Waals surface area contributed by atoms with Crippen LogP contribution in [0.4, 0.5) is 0 Å². The SMILES string of the molecule is C[C@@H]1S[C@@H](C2CCCCC(N[C@@H](CCCN=C(N)N)C(=O)O)C2)[C@@H](O)[C@H](O)[C@@H]1O. The number of nitrogens with two attached hydrogens (primary N) is 2. The van der Waals surface area contributed by atoms with E-state index in [1.807, 2.05) is 6.92 Å². The molecular weight excluding hydrogens is 396 g/mol. The number of nitrogens with zero attached hydrogens (tertiary/aromatic N) is 1. The largest absolute Gasteiger partial charge is 0.480 e. The molecule has 0 amide bonds. The number of nitrogens with one attached hydrogen (secondary N) is 1. The lowest BCUT2D eigenvalue weighted by molar-refractivity contribution is -0.140. The molecule has 8 atom stereocenters. The van der Waals surface area contributed by atoms with E-state index in [1.165, 1.54) is 11.8 Å². The van der Waals surface area contributed by atoms with E-state index < -0.39 is 30.3 Å². The number of thioether (sulfide) groups is 1. The number of guanidine groups is 1. The molecule has 1 heterocycles. The predicted molar refractivity (Wildman–Crippen MR) is 114 cm³/mol. The van der Waals surface area contributed by atoms with Gasteiger partial charge in [0.05, 0.1) is 12.2 Å². The van der Waals surface area contributed by atoms with Crippen molar-refractivity contribution in [1.29, 1.82) is 0 Å². The first-order valence-corrected chi connectivity index (χ1v) is 11.4. The quantitative estimate of drug-likeness (QED) is 0.117. The van der Waals surface area contributed by atoms with Crippen LogP contribution in [0.15, 0.2) is 4.99 Å². The lowest BCUT2D eigenvalue weighted by Gasteiger charge is -2.42. The second-order valence-electron chi connectivity index (χ2n) is 8.26. The summed E-state index contributed by atoms with van der Waals surface area (Å²) in [5, 5.41) is 43.3. The van der Waals surface area contributed by atoms with E-state index in [4.69, 9.17) is 11.5 Å². The van der Waals surface area contributed by atoms with Crippen LogP contribution in [0.1, 0.15) is 51.9 Å². The Labute approximate surface area is 176 Å². The number of aliphatic carboxylic acids is 1. The Balaban J connectivity index is 1.98. The van der Waals surface area contributed by atoms with Crippen molar-refractivity contribution in [2.75, 3.05) is 6.54 Å². The maximum absolute atomic E-state index is 11.7. The average molecular weight is 433 g/mol. The minimum Gasteiger partial charge on any atom is -0.480 e. The summed E-state index contributed by atoms with van der Waals surface area (Å²) in [6.07, 6.45) is 2.46. The van der Waals surface area contributed by atoms with E-state index in [9.17, 15) is 25.2 Å². The number of hydrogen-bond donors (Lipinski definition) is 7. The number of carboxylic acid groups (broad SMARTS) is 1.